The lowest BCUT2D eigenvalue weighted by Crippen LogP contribution is -2.31. The highest BCUT2D eigenvalue weighted by atomic mass is 32.2. The van der Waals surface area contributed by atoms with Crippen LogP contribution in [0.5, 0.6) is 0 Å². The van der Waals surface area contributed by atoms with Crippen molar-refractivity contribution in [3.05, 3.63) is 30.6 Å². The molecule has 2 aromatic heterocycles. The quantitative estimate of drug-likeness (QED) is 0.751. The summed E-state index contributed by atoms with van der Waals surface area (Å²) < 4.78 is 28.5. The van der Waals surface area contributed by atoms with E-state index in [-0.39, 0.29) is 18.2 Å². The van der Waals surface area contributed by atoms with Crippen LogP contribution in [0, 0.1) is 5.92 Å². The molecule has 0 atom stereocenters. The largest absolute Gasteiger partial charge is 0.355 e. The van der Waals surface area contributed by atoms with E-state index in [1.807, 2.05) is 0 Å². The SMILES string of the molecule is O=C(CCC1CCCC1)NCCS(=O)(=O)Nc1ccn2nccc2c1. The Labute approximate surface area is 147 Å². The number of anilines is 1. The highest BCUT2D eigenvalue weighted by Crippen LogP contribution is 2.28. The van der Waals surface area contributed by atoms with Crippen molar-refractivity contribution in [3.63, 3.8) is 0 Å². The molecule has 1 aliphatic carbocycles. The monoisotopic (exact) mass is 364 g/mol. The first-order valence-electron chi connectivity index (χ1n) is 8.72. The van der Waals surface area contributed by atoms with E-state index < -0.39 is 10.0 Å². The van der Waals surface area contributed by atoms with Crippen LogP contribution in [0.2, 0.25) is 0 Å². The van der Waals surface area contributed by atoms with Gasteiger partial charge in [0.1, 0.15) is 0 Å². The van der Waals surface area contributed by atoms with Gasteiger partial charge in [0.05, 0.1) is 17.0 Å². The number of fused-ring (bicyclic) bond motifs is 1. The van der Waals surface area contributed by atoms with Gasteiger partial charge >= 0.3 is 0 Å². The predicted octanol–water partition coefficient (Wildman–Crippen LogP) is 2.16. The van der Waals surface area contributed by atoms with Gasteiger partial charge in [-0.1, -0.05) is 25.7 Å². The minimum Gasteiger partial charge on any atom is -0.355 e. The zero-order valence-corrected chi connectivity index (χ0v) is 15.0. The van der Waals surface area contributed by atoms with E-state index in [0.717, 1.165) is 11.9 Å². The van der Waals surface area contributed by atoms with Crippen LogP contribution in [0.4, 0.5) is 5.69 Å². The van der Waals surface area contributed by atoms with E-state index in [1.54, 1.807) is 35.1 Å². The highest BCUT2D eigenvalue weighted by Gasteiger charge is 2.16. The van der Waals surface area contributed by atoms with E-state index in [4.69, 9.17) is 0 Å². The molecule has 0 saturated heterocycles. The average molecular weight is 364 g/mol. The van der Waals surface area contributed by atoms with E-state index in [9.17, 15) is 13.2 Å². The number of nitrogens with zero attached hydrogens (tertiary/aromatic N) is 2. The Bertz CT molecular complexity index is 825. The zero-order chi connectivity index (χ0) is 17.7. The molecular weight excluding hydrogens is 340 g/mol. The average Bonchev–Trinajstić information content (AvgIpc) is 3.23. The summed E-state index contributed by atoms with van der Waals surface area (Å²) in [6, 6.07) is 5.16. The fraction of sp³-hybridized carbons (Fsp3) is 0.529. The lowest BCUT2D eigenvalue weighted by atomic mass is 10.0. The Morgan fingerprint density at radius 1 is 1.28 bits per heavy atom. The Balaban J connectivity index is 1.42. The van der Waals surface area contributed by atoms with Crippen LogP contribution in [0.15, 0.2) is 30.6 Å². The molecule has 2 N–H and O–H groups in total. The van der Waals surface area contributed by atoms with Gasteiger partial charge in [0.25, 0.3) is 0 Å². The molecule has 1 saturated carbocycles. The summed E-state index contributed by atoms with van der Waals surface area (Å²) in [5, 5.41) is 6.76. The summed E-state index contributed by atoms with van der Waals surface area (Å²) >= 11 is 0. The molecule has 8 heteroatoms. The van der Waals surface area contributed by atoms with Crippen LogP contribution in [-0.2, 0) is 14.8 Å². The predicted molar refractivity (Wildman–Crippen MR) is 96.8 cm³/mol. The van der Waals surface area contributed by atoms with Crippen molar-refractivity contribution in [2.24, 2.45) is 5.92 Å². The molecule has 2 heterocycles. The molecule has 0 spiro atoms. The van der Waals surface area contributed by atoms with E-state index >= 15 is 0 Å². The smallest absolute Gasteiger partial charge is 0.234 e. The maximum absolute atomic E-state index is 12.1. The minimum absolute atomic E-state index is 0.0669. The number of pyridine rings is 1. The second-order valence-corrected chi connectivity index (χ2v) is 8.42. The molecule has 136 valence electrons. The number of carbonyl (C=O) groups is 1. The van der Waals surface area contributed by atoms with Crippen LogP contribution in [0.25, 0.3) is 5.52 Å². The molecule has 0 aromatic carbocycles. The Morgan fingerprint density at radius 3 is 2.88 bits per heavy atom. The van der Waals surface area contributed by atoms with Gasteiger partial charge in [0.2, 0.25) is 15.9 Å². The molecule has 0 bridgehead atoms. The molecule has 0 unspecified atom stereocenters. The first kappa shape index (κ1) is 17.7. The number of aromatic nitrogens is 2. The van der Waals surface area contributed by atoms with Gasteiger partial charge in [-0.05, 0) is 30.5 Å². The third-order valence-electron chi connectivity index (χ3n) is 4.62. The molecular formula is C17H24N4O3S. The number of sulfonamides is 1. The normalized spacial score (nSPS) is 15.5. The lowest BCUT2D eigenvalue weighted by Gasteiger charge is -2.10. The summed E-state index contributed by atoms with van der Waals surface area (Å²) in [6.07, 6.45) is 9.69. The summed E-state index contributed by atoms with van der Waals surface area (Å²) in [4.78, 5) is 11.8. The van der Waals surface area contributed by atoms with Crippen molar-refractivity contribution in [2.75, 3.05) is 17.0 Å². The number of carbonyl (C=O) groups excluding carboxylic acids is 1. The van der Waals surface area contributed by atoms with E-state index in [0.29, 0.717) is 18.0 Å². The third kappa shape index (κ3) is 5.19. The first-order valence-corrected chi connectivity index (χ1v) is 10.4. The van der Waals surface area contributed by atoms with Crippen LogP contribution in [-0.4, -0.2) is 36.2 Å². The molecule has 1 amide bonds. The standard InChI is InChI=1S/C17H24N4O3S/c22-17(6-5-14-3-1-2-4-14)18-10-12-25(23,24)20-15-8-11-21-16(13-15)7-9-19-21/h7-9,11,13-14,20H,1-6,10,12H2,(H,18,22). The lowest BCUT2D eigenvalue weighted by molar-refractivity contribution is -0.121. The second-order valence-electron chi connectivity index (χ2n) is 6.58. The van der Waals surface area contributed by atoms with Crippen molar-refractivity contribution in [2.45, 2.75) is 38.5 Å². The van der Waals surface area contributed by atoms with Gasteiger partial charge in [-0.15, -0.1) is 0 Å². The number of amides is 1. The number of hydrogen-bond acceptors (Lipinski definition) is 4. The van der Waals surface area contributed by atoms with Crippen molar-refractivity contribution in [1.29, 1.82) is 0 Å². The van der Waals surface area contributed by atoms with Crippen molar-refractivity contribution >= 4 is 27.1 Å². The van der Waals surface area contributed by atoms with Gasteiger partial charge in [-0.25, -0.2) is 12.9 Å². The molecule has 0 aliphatic heterocycles. The summed E-state index contributed by atoms with van der Waals surface area (Å²) in [5.41, 5.74) is 1.29. The Morgan fingerprint density at radius 2 is 2.08 bits per heavy atom. The van der Waals surface area contributed by atoms with E-state index in [1.165, 1.54) is 25.7 Å². The number of rotatable bonds is 8. The van der Waals surface area contributed by atoms with Crippen molar-refractivity contribution in [3.8, 4) is 0 Å². The number of nitrogens with one attached hydrogen (secondary N) is 2. The second kappa shape index (κ2) is 7.86. The van der Waals surface area contributed by atoms with Crippen LogP contribution in [0.1, 0.15) is 38.5 Å². The summed E-state index contributed by atoms with van der Waals surface area (Å²) in [5.74, 6) is 0.449. The Hall–Kier alpha value is -2.09. The van der Waals surface area contributed by atoms with Gasteiger partial charge in [-0.3, -0.25) is 9.52 Å². The zero-order valence-electron chi connectivity index (χ0n) is 14.1. The van der Waals surface area contributed by atoms with E-state index in [2.05, 4.69) is 15.1 Å². The number of hydrogen-bond donors (Lipinski definition) is 2. The minimum atomic E-state index is -3.51. The van der Waals surface area contributed by atoms with Crippen LogP contribution >= 0.6 is 0 Å². The maximum atomic E-state index is 12.1. The molecule has 1 aliphatic rings. The molecule has 0 radical (unpaired) electrons. The highest BCUT2D eigenvalue weighted by molar-refractivity contribution is 7.92. The van der Waals surface area contributed by atoms with Crippen LogP contribution < -0.4 is 10.0 Å². The van der Waals surface area contributed by atoms with Crippen molar-refractivity contribution < 1.29 is 13.2 Å². The Kier molecular flexibility index (Phi) is 5.57. The van der Waals surface area contributed by atoms with Gasteiger partial charge in [-0.2, -0.15) is 5.10 Å². The molecule has 7 nitrogen and oxygen atoms in total. The maximum Gasteiger partial charge on any atom is 0.234 e. The topological polar surface area (TPSA) is 92.6 Å². The summed E-state index contributed by atoms with van der Waals surface area (Å²) in [6.45, 7) is 0.119. The molecule has 3 rings (SSSR count). The van der Waals surface area contributed by atoms with Crippen LogP contribution in [0.3, 0.4) is 0 Å². The first-order chi connectivity index (χ1) is 12.0. The molecule has 25 heavy (non-hydrogen) atoms. The van der Waals surface area contributed by atoms with Gasteiger partial charge in [0, 0.05) is 25.4 Å². The summed E-state index contributed by atoms with van der Waals surface area (Å²) in [7, 11) is -3.51. The molecule has 2 aromatic rings. The van der Waals surface area contributed by atoms with Gasteiger partial charge in [0.15, 0.2) is 0 Å². The fourth-order valence-corrected chi connectivity index (χ4v) is 4.22. The molecule has 1 fully saturated rings. The van der Waals surface area contributed by atoms with Crippen molar-refractivity contribution in [1.82, 2.24) is 14.9 Å². The van der Waals surface area contributed by atoms with Gasteiger partial charge < -0.3 is 5.32 Å². The fourth-order valence-electron chi connectivity index (χ4n) is 3.26. The third-order valence-corrected chi connectivity index (χ3v) is 5.91.